The highest BCUT2D eigenvalue weighted by atomic mass is 16.6. The number of methoxy groups -OCH3 is 2. The zero-order chi connectivity index (χ0) is 14.2. The van der Waals surface area contributed by atoms with Gasteiger partial charge in [-0.15, -0.1) is 0 Å². The largest absolute Gasteiger partial charge is 0.486 e. The molecule has 1 aromatic heterocycles. The van der Waals surface area contributed by atoms with Gasteiger partial charge in [0.15, 0.2) is 5.75 Å². The average Bonchev–Trinajstić information content (AvgIpc) is 2.48. The van der Waals surface area contributed by atoms with Crippen LogP contribution in [0.4, 0.5) is 0 Å². The molecule has 0 unspecified atom stereocenters. The van der Waals surface area contributed by atoms with Crippen LogP contribution in [0.1, 0.15) is 0 Å². The predicted octanol–water partition coefficient (Wildman–Crippen LogP) is 2.29. The predicted molar refractivity (Wildman–Crippen MR) is 76.5 cm³/mol. The van der Waals surface area contributed by atoms with Gasteiger partial charge in [0.2, 0.25) is 0 Å². The summed E-state index contributed by atoms with van der Waals surface area (Å²) in [4.78, 5) is 4.48. The van der Waals surface area contributed by atoms with Crippen molar-refractivity contribution in [3.63, 3.8) is 0 Å². The zero-order valence-corrected chi connectivity index (χ0v) is 11.8. The third-order valence-electron chi connectivity index (χ3n) is 2.73. The Morgan fingerprint density at radius 1 is 0.900 bits per heavy atom. The number of ether oxygens (including phenoxy) is 4. The molecule has 0 spiro atoms. The van der Waals surface area contributed by atoms with Crippen molar-refractivity contribution in [2.75, 3.05) is 40.6 Å². The van der Waals surface area contributed by atoms with Gasteiger partial charge in [-0.2, -0.15) is 0 Å². The van der Waals surface area contributed by atoms with Gasteiger partial charge in [0.25, 0.3) is 5.88 Å². The van der Waals surface area contributed by atoms with Crippen molar-refractivity contribution in [3.8, 4) is 11.6 Å². The molecular formula is C15H19NO4. The maximum Gasteiger partial charge on any atom is 0.257 e. The van der Waals surface area contributed by atoms with Gasteiger partial charge < -0.3 is 18.9 Å². The first kappa shape index (κ1) is 14.6. The maximum absolute atomic E-state index is 5.66. The van der Waals surface area contributed by atoms with Crippen molar-refractivity contribution in [1.29, 1.82) is 0 Å². The van der Waals surface area contributed by atoms with Crippen LogP contribution in [0.2, 0.25) is 0 Å². The molecule has 5 nitrogen and oxygen atoms in total. The van der Waals surface area contributed by atoms with Gasteiger partial charge in [-0.25, -0.2) is 4.98 Å². The monoisotopic (exact) mass is 277 g/mol. The molecule has 2 aromatic rings. The molecule has 0 radical (unpaired) electrons. The van der Waals surface area contributed by atoms with E-state index in [4.69, 9.17) is 18.9 Å². The van der Waals surface area contributed by atoms with Crippen LogP contribution in [0, 0.1) is 0 Å². The van der Waals surface area contributed by atoms with Gasteiger partial charge in [-0.05, 0) is 12.1 Å². The van der Waals surface area contributed by atoms with Gasteiger partial charge in [-0.3, -0.25) is 0 Å². The van der Waals surface area contributed by atoms with Crippen LogP contribution in [0.3, 0.4) is 0 Å². The van der Waals surface area contributed by atoms with Gasteiger partial charge in [0.05, 0.1) is 18.7 Å². The number of para-hydroxylation sites is 1. The fourth-order valence-corrected chi connectivity index (χ4v) is 1.74. The fraction of sp³-hybridized carbons (Fsp3) is 0.400. The number of hydrogen-bond donors (Lipinski definition) is 0. The van der Waals surface area contributed by atoms with E-state index in [1.165, 1.54) is 0 Å². The van der Waals surface area contributed by atoms with E-state index >= 15 is 0 Å². The normalized spacial score (nSPS) is 10.7. The molecule has 0 saturated heterocycles. The second-order valence-electron chi connectivity index (χ2n) is 4.17. The summed E-state index contributed by atoms with van der Waals surface area (Å²) in [6.45, 7) is 1.91. The van der Waals surface area contributed by atoms with E-state index in [1.54, 1.807) is 14.2 Å². The Bertz CT molecular complexity index is 496. The summed E-state index contributed by atoms with van der Waals surface area (Å²) in [6.07, 6.45) is 0. The SMILES string of the molecule is COCCOc1cc2ccccc2nc1OCCOC. The number of fused-ring (bicyclic) bond motifs is 1. The number of rotatable bonds is 8. The fourth-order valence-electron chi connectivity index (χ4n) is 1.74. The standard InChI is InChI=1S/C15H19NO4/c1-17-7-9-19-14-11-12-5-3-4-6-13(12)16-15(14)20-10-8-18-2/h3-6,11H,7-10H2,1-2H3. The Labute approximate surface area is 118 Å². The molecule has 0 amide bonds. The molecule has 0 saturated carbocycles. The molecule has 0 aliphatic rings. The van der Waals surface area contributed by atoms with Crippen LogP contribution in [0.15, 0.2) is 30.3 Å². The summed E-state index contributed by atoms with van der Waals surface area (Å²) in [5.41, 5.74) is 0.874. The smallest absolute Gasteiger partial charge is 0.257 e. The summed E-state index contributed by atoms with van der Waals surface area (Å²) in [6, 6.07) is 9.77. The number of pyridine rings is 1. The van der Waals surface area contributed by atoms with E-state index in [9.17, 15) is 0 Å². The van der Waals surface area contributed by atoms with E-state index in [0.29, 0.717) is 38.1 Å². The minimum atomic E-state index is 0.433. The maximum atomic E-state index is 5.66. The first-order chi connectivity index (χ1) is 9.85. The van der Waals surface area contributed by atoms with Crippen LogP contribution >= 0.6 is 0 Å². The Morgan fingerprint density at radius 2 is 1.60 bits per heavy atom. The Kier molecular flexibility index (Phi) is 5.58. The highest BCUT2D eigenvalue weighted by Gasteiger charge is 2.09. The van der Waals surface area contributed by atoms with Crippen LogP contribution in [-0.4, -0.2) is 45.6 Å². The summed E-state index contributed by atoms with van der Waals surface area (Å²) in [5, 5.41) is 1.01. The molecule has 0 bridgehead atoms. The van der Waals surface area contributed by atoms with E-state index < -0.39 is 0 Å². The molecule has 0 N–H and O–H groups in total. The Morgan fingerprint density at radius 3 is 2.35 bits per heavy atom. The van der Waals surface area contributed by atoms with E-state index in [1.807, 2.05) is 30.3 Å². The number of aromatic nitrogens is 1. The second-order valence-corrected chi connectivity index (χ2v) is 4.17. The lowest BCUT2D eigenvalue weighted by molar-refractivity contribution is 0.130. The van der Waals surface area contributed by atoms with Crippen LogP contribution in [-0.2, 0) is 9.47 Å². The van der Waals surface area contributed by atoms with E-state index in [-0.39, 0.29) is 0 Å². The molecule has 0 aliphatic heterocycles. The highest BCUT2D eigenvalue weighted by molar-refractivity contribution is 5.81. The van der Waals surface area contributed by atoms with Crippen molar-refractivity contribution in [2.45, 2.75) is 0 Å². The molecule has 20 heavy (non-hydrogen) atoms. The molecular weight excluding hydrogens is 258 g/mol. The Hall–Kier alpha value is -1.85. The van der Waals surface area contributed by atoms with Crippen molar-refractivity contribution in [2.24, 2.45) is 0 Å². The molecule has 0 aliphatic carbocycles. The molecule has 0 fully saturated rings. The lowest BCUT2D eigenvalue weighted by Crippen LogP contribution is -2.09. The van der Waals surface area contributed by atoms with Crippen molar-refractivity contribution >= 4 is 10.9 Å². The lowest BCUT2D eigenvalue weighted by atomic mass is 10.2. The minimum absolute atomic E-state index is 0.433. The quantitative estimate of drug-likeness (QED) is 0.693. The van der Waals surface area contributed by atoms with Gasteiger partial charge in [0, 0.05) is 19.6 Å². The third-order valence-corrected chi connectivity index (χ3v) is 2.73. The van der Waals surface area contributed by atoms with Gasteiger partial charge >= 0.3 is 0 Å². The molecule has 1 aromatic carbocycles. The topological polar surface area (TPSA) is 49.8 Å². The van der Waals surface area contributed by atoms with Crippen LogP contribution < -0.4 is 9.47 Å². The third kappa shape index (κ3) is 3.82. The van der Waals surface area contributed by atoms with Crippen molar-refractivity contribution in [1.82, 2.24) is 4.98 Å². The van der Waals surface area contributed by atoms with Crippen molar-refractivity contribution in [3.05, 3.63) is 30.3 Å². The average molecular weight is 277 g/mol. The Balaban J connectivity index is 2.21. The van der Waals surface area contributed by atoms with E-state index in [0.717, 1.165) is 10.9 Å². The molecule has 108 valence electrons. The van der Waals surface area contributed by atoms with Crippen molar-refractivity contribution < 1.29 is 18.9 Å². The van der Waals surface area contributed by atoms with E-state index in [2.05, 4.69) is 4.98 Å². The number of nitrogens with zero attached hydrogens (tertiary/aromatic N) is 1. The van der Waals surface area contributed by atoms with Gasteiger partial charge in [-0.1, -0.05) is 18.2 Å². The second kappa shape index (κ2) is 7.67. The first-order valence-electron chi connectivity index (χ1n) is 6.48. The van der Waals surface area contributed by atoms with Crippen LogP contribution in [0.5, 0.6) is 11.6 Å². The zero-order valence-electron chi connectivity index (χ0n) is 11.8. The van der Waals surface area contributed by atoms with Gasteiger partial charge in [0.1, 0.15) is 13.2 Å². The minimum Gasteiger partial charge on any atom is -0.486 e. The summed E-state index contributed by atoms with van der Waals surface area (Å²) >= 11 is 0. The highest BCUT2D eigenvalue weighted by Crippen LogP contribution is 2.29. The first-order valence-corrected chi connectivity index (χ1v) is 6.48. The van der Waals surface area contributed by atoms with Crippen LogP contribution in [0.25, 0.3) is 10.9 Å². The molecule has 1 heterocycles. The summed E-state index contributed by atoms with van der Waals surface area (Å²) in [5.74, 6) is 1.11. The molecule has 2 rings (SSSR count). The number of benzene rings is 1. The number of hydrogen-bond acceptors (Lipinski definition) is 5. The molecule has 0 atom stereocenters. The summed E-state index contributed by atoms with van der Waals surface area (Å²) < 4.78 is 21.2. The lowest BCUT2D eigenvalue weighted by Gasteiger charge is -2.12. The molecule has 5 heteroatoms. The summed E-state index contributed by atoms with van der Waals surface area (Å²) in [7, 11) is 3.27.